The zero-order valence-electron chi connectivity index (χ0n) is 15.9. The molecule has 2 aliphatic heterocycles. The van der Waals surface area contributed by atoms with Gasteiger partial charge in [-0.25, -0.2) is 4.98 Å². The van der Waals surface area contributed by atoms with Crippen LogP contribution in [0, 0.1) is 27.7 Å². The molecule has 4 rings (SSSR count). The fourth-order valence-corrected chi connectivity index (χ4v) is 3.90. The topological polar surface area (TPSA) is 59.5 Å². The standard InChI is InChI=1S/C20H26N4O2/c1-12-9-13(2)18(14(3)10-12)22-20-21-15(4)16-5-6-24(19(16)23-20)11-17-25-7-8-26-17/h9-10,17H,5-8,11H2,1-4H3,(H,21,22,23). The highest BCUT2D eigenvalue weighted by molar-refractivity contribution is 5.66. The summed E-state index contributed by atoms with van der Waals surface area (Å²) >= 11 is 0. The Kier molecular flexibility index (Phi) is 4.54. The van der Waals surface area contributed by atoms with Gasteiger partial charge in [-0.2, -0.15) is 4.98 Å². The van der Waals surface area contributed by atoms with Crippen molar-refractivity contribution in [2.24, 2.45) is 0 Å². The van der Waals surface area contributed by atoms with Crippen molar-refractivity contribution in [1.82, 2.24) is 9.97 Å². The Hall–Kier alpha value is -2.18. The van der Waals surface area contributed by atoms with E-state index in [1.165, 1.54) is 22.3 Å². The van der Waals surface area contributed by atoms with Crippen molar-refractivity contribution in [3.8, 4) is 0 Å². The second-order valence-electron chi connectivity index (χ2n) is 7.20. The van der Waals surface area contributed by atoms with Crippen LogP contribution >= 0.6 is 0 Å². The van der Waals surface area contributed by atoms with Crippen LogP contribution in [0.4, 0.5) is 17.5 Å². The lowest BCUT2D eigenvalue weighted by Gasteiger charge is -2.22. The van der Waals surface area contributed by atoms with Crippen molar-refractivity contribution in [3.63, 3.8) is 0 Å². The molecule has 6 nitrogen and oxygen atoms in total. The molecule has 3 heterocycles. The molecule has 0 radical (unpaired) electrons. The summed E-state index contributed by atoms with van der Waals surface area (Å²) in [6.07, 6.45) is 0.811. The average Bonchev–Trinajstić information content (AvgIpc) is 3.22. The van der Waals surface area contributed by atoms with E-state index in [1.54, 1.807) is 0 Å². The van der Waals surface area contributed by atoms with E-state index in [-0.39, 0.29) is 6.29 Å². The van der Waals surface area contributed by atoms with E-state index in [0.717, 1.165) is 30.2 Å². The van der Waals surface area contributed by atoms with E-state index >= 15 is 0 Å². The molecule has 0 aliphatic carbocycles. The number of nitrogens with zero attached hydrogens (tertiary/aromatic N) is 3. The monoisotopic (exact) mass is 354 g/mol. The maximum Gasteiger partial charge on any atom is 0.229 e. The molecule has 2 aromatic rings. The lowest BCUT2D eigenvalue weighted by atomic mass is 10.1. The number of ether oxygens (including phenoxy) is 2. The molecule has 2 aliphatic rings. The number of aromatic nitrogens is 2. The zero-order valence-corrected chi connectivity index (χ0v) is 15.9. The Bertz CT molecular complexity index is 808. The molecule has 0 atom stereocenters. The maximum atomic E-state index is 5.61. The molecule has 6 heteroatoms. The molecule has 138 valence electrons. The van der Waals surface area contributed by atoms with E-state index in [9.17, 15) is 0 Å². The van der Waals surface area contributed by atoms with Crippen LogP contribution in [-0.4, -0.2) is 42.6 Å². The number of rotatable bonds is 4. The predicted octanol–water partition coefficient (Wildman–Crippen LogP) is 3.19. The third-order valence-corrected chi connectivity index (χ3v) is 5.10. The van der Waals surface area contributed by atoms with Gasteiger partial charge < -0.3 is 19.7 Å². The van der Waals surface area contributed by atoms with Gasteiger partial charge in [-0.3, -0.25) is 0 Å². The highest BCUT2D eigenvalue weighted by atomic mass is 16.7. The summed E-state index contributed by atoms with van der Waals surface area (Å²) < 4.78 is 11.2. The first-order chi connectivity index (χ1) is 12.5. The normalized spacial score (nSPS) is 17.0. The lowest BCUT2D eigenvalue weighted by Crippen LogP contribution is -2.32. The van der Waals surface area contributed by atoms with Gasteiger partial charge in [-0.15, -0.1) is 0 Å². The fraction of sp³-hybridized carbons (Fsp3) is 0.500. The Morgan fingerprint density at radius 1 is 1.08 bits per heavy atom. The largest absolute Gasteiger partial charge is 0.351 e. The van der Waals surface area contributed by atoms with Crippen molar-refractivity contribution < 1.29 is 9.47 Å². The number of aryl methyl sites for hydroxylation is 4. The first-order valence-electron chi connectivity index (χ1n) is 9.22. The summed E-state index contributed by atoms with van der Waals surface area (Å²) in [5, 5.41) is 3.44. The van der Waals surface area contributed by atoms with Crippen LogP contribution in [-0.2, 0) is 15.9 Å². The molecule has 0 amide bonds. The number of hydrogen-bond acceptors (Lipinski definition) is 6. The molecule has 0 bridgehead atoms. The fourth-order valence-electron chi connectivity index (χ4n) is 3.90. The van der Waals surface area contributed by atoms with Crippen LogP contribution in [0.2, 0.25) is 0 Å². The van der Waals surface area contributed by atoms with Crippen LogP contribution in [0.15, 0.2) is 12.1 Å². The maximum absolute atomic E-state index is 5.61. The first-order valence-corrected chi connectivity index (χ1v) is 9.22. The van der Waals surface area contributed by atoms with Gasteiger partial charge in [0.15, 0.2) is 6.29 Å². The predicted molar refractivity (Wildman–Crippen MR) is 102 cm³/mol. The third-order valence-electron chi connectivity index (χ3n) is 5.10. The summed E-state index contributed by atoms with van der Waals surface area (Å²) in [6, 6.07) is 4.35. The van der Waals surface area contributed by atoms with Crippen molar-refractivity contribution in [1.29, 1.82) is 0 Å². The number of nitrogens with one attached hydrogen (secondary N) is 1. The van der Waals surface area contributed by atoms with Crippen LogP contribution in [0.1, 0.15) is 27.9 Å². The molecule has 26 heavy (non-hydrogen) atoms. The minimum Gasteiger partial charge on any atom is -0.351 e. The Labute approximate surface area is 154 Å². The molecule has 1 saturated heterocycles. The molecule has 1 N–H and O–H groups in total. The number of benzene rings is 1. The Morgan fingerprint density at radius 2 is 1.77 bits per heavy atom. The molecular formula is C20H26N4O2. The number of fused-ring (bicyclic) bond motifs is 1. The van der Waals surface area contributed by atoms with Crippen molar-refractivity contribution >= 4 is 17.5 Å². The van der Waals surface area contributed by atoms with Gasteiger partial charge in [0.2, 0.25) is 5.95 Å². The number of hydrogen-bond donors (Lipinski definition) is 1. The van der Waals surface area contributed by atoms with Crippen LogP contribution in [0.3, 0.4) is 0 Å². The van der Waals surface area contributed by atoms with E-state index in [0.29, 0.717) is 25.7 Å². The smallest absolute Gasteiger partial charge is 0.229 e. The third kappa shape index (κ3) is 3.27. The zero-order chi connectivity index (χ0) is 18.3. The summed E-state index contributed by atoms with van der Waals surface area (Å²) in [7, 11) is 0. The van der Waals surface area contributed by atoms with Gasteiger partial charge in [-0.05, 0) is 45.2 Å². The average molecular weight is 354 g/mol. The Morgan fingerprint density at radius 3 is 2.46 bits per heavy atom. The molecule has 1 aromatic carbocycles. The first kappa shape index (κ1) is 17.2. The highest BCUT2D eigenvalue weighted by Gasteiger charge is 2.28. The van der Waals surface area contributed by atoms with Crippen molar-refractivity contribution in [2.75, 3.05) is 36.5 Å². The summed E-state index contributed by atoms with van der Waals surface area (Å²) in [5.41, 5.74) is 7.02. The molecule has 0 unspecified atom stereocenters. The summed E-state index contributed by atoms with van der Waals surface area (Å²) in [6.45, 7) is 11.4. The van der Waals surface area contributed by atoms with Crippen LogP contribution in [0.5, 0.6) is 0 Å². The lowest BCUT2D eigenvalue weighted by molar-refractivity contribution is -0.0341. The minimum atomic E-state index is -0.158. The van der Waals surface area contributed by atoms with Gasteiger partial charge in [0.1, 0.15) is 5.82 Å². The molecule has 0 saturated carbocycles. The molecule has 0 spiro atoms. The van der Waals surface area contributed by atoms with E-state index < -0.39 is 0 Å². The molecular weight excluding hydrogens is 328 g/mol. The SMILES string of the molecule is Cc1cc(C)c(Nc2nc(C)c3c(n2)N(CC2OCCO2)CC3)c(C)c1. The molecule has 1 fully saturated rings. The Balaban J connectivity index is 1.62. The van der Waals surface area contributed by atoms with Crippen LogP contribution in [0.25, 0.3) is 0 Å². The van der Waals surface area contributed by atoms with Gasteiger partial charge in [-0.1, -0.05) is 17.7 Å². The van der Waals surface area contributed by atoms with Gasteiger partial charge in [0, 0.05) is 23.5 Å². The second kappa shape index (κ2) is 6.85. The van der Waals surface area contributed by atoms with Crippen molar-refractivity contribution in [2.45, 2.75) is 40.4 Å². The van der Waals surface area contributed by atoms with Crippen molar-refractivity contribution in [3.05, 3.63) is 40.1 Å². The van der Waals surface area contributed by atoms with Gasteiger partial charge in [0.05, 0.1) is 19.8 Å². The second-order valence-corrected chi connectivity index (χ2v) is 7.20. The van der Waals surface area contributed by atoms with Crippen LogP contribution < -0.4 is 10.2 Å². The van der Waals surface area contributed by atoms with E-state index in [2.05, 4.69) is 50.0 Å². The highest BCUT2D eigenvalue weighted by Crippen LogP contribution is 2.31. The quantitative estimate of drug-likeness (QED) is 0.910. The van der Waals surface area contributed by atoms with Gasteiger partial charge >= 0.3 is 0 Å². The van der Waals surface area contributed by atoms with E-state index in [1.807, 2.05) is 0 Å². The molecule has 1 aromatic heterocycles. The van der Waals surface area contributed by atoms with Gasteiger partial charge in [0.25, 0.3) is 0 Å². The van der Waals surface area contributed by atoms with E-state index in [4.69, 9.17) is 19.4 Å². The summed E-state index contributed by atoms with van der Waals surface area (Å²) in [4.78, 5) is 11.8. The minimum absolute atomic E-state index is 0.158. The summed E-state index contributed by atoms with van der Waals surface area (Å²) in [5.74, 6) is 1.65. The number of anilines is 3.